The first-order valence-electron chi connectivity index (χ1n) is 18.7. The Balaban J connectivity index is 1.42. The lowest BCUT2D eigenvalue weighted by Gasteiger charge is -2.30. The van der Waals surface area contributed by atoms with Crippen LogP contribution in [0.15, 0.2) is 12.7 Å². The first-order chi connectivity index (χ1) is 27.9. The summed E-state index contributed by atoms with van der Waals surface area (Å²) in [6.45, 7) is 2.52. The summed E-state index contributed by atoms with van der Waals surface area (Å²) in [5.41, 5.74) is 4.25. The average Bonchev–Trinajstić information content (AvgIpc) is 3.72. The van der Waals surface area contributed by atoms with Crippen molar-refractivity contribution in [2.45, 2.75) is 109 Å². The second kappa shape index (κ2) is 23.3. The molecule has 60 heavy (non-hydrogen) atoms. The molecule has 1 saturated heterocycles. The van der Waals surface area contributed by atoms with Gasteiger partial charge in [-0.2, -0.15) is 4.31 Å². The minimum Gasteiger partial charge on any atom is -0.393 e. The lowest BCUT2D eigenvalue weighted by Crippen LogP contribution is -2.46. The van der Waals surface area contributed by atoms with Gasteiger partial charge in [0.1, 0.15) is 36.3 Å². The number of thioether (sulfide) groups is 1. The van der Waals surface area contributed by atoms with Crippen molar-refractivity contribution in [3.63, 3.8) is 0 Å². The highest BCUT2D eigenvalue weighted by Crippen LogP contribution is 2.61. The smallest absolute Gasteiger partial charge is 0.393 e. The molecule has 25 nitrogen and oxygen atoms in total. The summed E-state index contributed by atoms with van der Waals surface area (Å²) in [5.74, 6) is -1.18. The van der Waals surface area contributed by atoms with Gasteiger partial charge in [0.15, 0.2) is 22.8 Å². The number of aromatic nitrogens is 4. The number of carbonyl (C=O) groups is 3. The van der Waals surface area contributed by atoms with Crippen molar-refractivity contribution in [2.75, 3.05) is 37.8 Å². The Labute approximate surface area is 348 Å². The number of hydrogen-bond donors (Lipinski definition) is 10. The van der Waals surface area contributed by atoms with E-state index in [0.717, 1.165) is 54.7 Å². The maximum absolute atomic E-state index is 12.7. The van der Waals surface area contributed by atoms with Crippen LogP contribution in [0.1, 0.15) is 78.4 Å². The number of ether oxygens (including phenoxy) is 1. The first kappa shape index (κ1) is 51.9. The lowest BCUT2D eigenvalue weighted by atomic mass is 9.87. The predicted octanol–water partition coefficient (Wildman–Crippen LogP) is 0.776. The molecule has 2 aromatic heterocycles. The minimum atomic E-state index is -5.58. The van der Waals surface area contributed by atoms with Gasteiger partial charge >= 0.3 is 23.5 Å². The van der Waals surface area contributed by atoms with Gasteiger partial charge in [0.25, 0.3) is 0 Å². The van der Waals surface area contributed by atoms with Crippen LogP contribution in [-0.4, -0.2) is 134 Å². The number of hydrogen-bond acceptors (Lipinski definition) is 19. The first-order valence-corrected chi connectivity index (χ1v) is 24.2. The van der Waals surface area contributed by atoms with Crippen LogP contribution in [0.2, 0.25) is 0 Å². The number of amides is 2. The quantitative estimate of drug-likeness (QED) is 0.0437. The number of rotatable bonds is 27. The van der Waals surface area contributed by atoms with Gasteiger partial charge in [0, 0.05) is 37.1 Å². The number of nitrogen functional groups attached to an aromatic ring is 1. The van der Waals surface area contributed by atoms with Crippen molar-refractivity contribution < 1.29 is 85.6 Å². The van der Waals surface area contributed by atoms with Crippen LogP contribution in [-0.2, 0) is 50.7 Å². The molecule has 3 rings (SSSR count). The number of nitrogens with zero attached hydrogens (tertiary/aromatic N) is 4. The van der Waals surface area contributed by atoms with Gasteiger partial charge in [-0.15, -0.1) is 0 Å². The Bertz CT molecular complexity index is 1890. The topological polar surface area (TPSA) is 384 Å². The molecule has 2 amide bonds. The Hall–Kier alpha value is -2.48. The standard InChI is InChI=1S/C31H54N7O18P3S/c1-4-5-6-7-8-19(39)9-10-22(41)60-14-13-33-21(40)11-12-34-29(44)26(43)31(2,3)16-53-59(50,51)56-58(48,49)52-15-20-25(55-57(45,46)47)24(42)30(54-20)38-18-37-23-27(32)35-17-36-28(23)38/h17-20,24-26,30,39,42-43H,4-16H2,1-3H3,(H,33,40)(H,34,44)(H,48,49)(H,50,51)(H2,32,35,36)(H2,45,46,47)/t19?,20-,24-,25-,26+,30-/m1/s1. The van der Waals surface area contributed by atoms with Gasteiger partial charge in [-0.25, -0.2) is 28.6 Å². The van der Waals surface area contributed by atoms with E-state index < -0.39 is 90.7 Å². The molecule has 3 heterocycles. The maximum atomic E-state index is 12.7. The van der Waals surface area contributed by atoms with Crippen LogP contribution in [0.3, 0.4) is 0 Å². The third-order valence-electron chi connectivity index (χ3n) is 8.84. The number of imidazole rings is 1. The highest BCUT2D eigenvalue weighted by atomic mass is 32.2. The number of nitrogens with one attached hydrogen (secondary N) is 2. The summed E-state index contributed by atoms with van der Waals surface area (Å²) < 4.78 is 62.2. The number of fused-ring (bicyclic) bond motifs is 1. The molecular formula is C31H54N7O18P3S. The number of aliphatic hydroxyl groups is 3. The van der Waals surface area contributed by atoms with Crippen LogP contribution >= 0.6 is 35.2 Å². The molecule has 0 saturated carbocycles. The highest BCUT2D eigenvalue weighted by molar-refractivity contribution is 8.13. The largest absolute Gasteiger partial charge is 0.481 e. The normalized spacial score (nSPS) is 21.6. The van der Waals surface area contributed by atoms with Crippen molar-refractivity contribution in [1.29, 1.82) is 0 Å². The monoisotopic (exact) mass is 937 g/mol. The molecule has 0 radical (unpaired) electrons. The molecule has 8 atom stereocenters. The molecule has 0 aromatic carbocycles. The van der Waals surface area contributed by atoms with E-state index in [1.54, 1.807) is 0 Å². The van der Waals surface area contributed by atoms with Crippen molar-refractivity contribution in [2.24, 2.45) is 5.41 Å². The van der Waals surface area contributed by atoms with Crippen molar-refractivity contribution in [1.82, 2.24) is 30.2 Å². The third kappa shape index (κ3) is 17.0. The Morgan fingerprint density at radius 1 is 0.983 bits per heavy atom. The van der Waals surface area contributed by atoms with E-state index in [-0.39, 0.29) is 48.0 Å². The van der Waals surface area contributed by atoms with Gasteiger partial charge in [0.2, 0.25) is 11.8 Å². The summed E-state index contributed by atoms with van der Waals surface area (Å²) in [6, 6.07) is 0. The average molecular weight is 938 g/mol. The van der Waals surface area contributed by atoms with Crippen LogP contribution in [0.4, 0.5) is 5.82 Å². The minimum absolute atomic E-state index is 0.0276. The second-order valence-corrected chi connectivity index (χ2v) is 19.7. The van der Waals surface area contributed by atoms with E-state index in [4.69, 9.17) is 19.5 Å². The van der Waals surface area contributed by atoms with E-state index in [0.29, 0.717) is 18.6 Å². The van der Waals surface area contributed by atoms with Gasteiger partial charge in [-0.05, 0) is 12.8 Å². The SMILES string of the molecule is CCCCCCC(O)CCC(=O)SCCNC(=O)CCNC(=O)[C@H](O)C(C)(C)COP(=O)(O)OP(=O)(O)OC[C@H]1O[C@@H](n2cnc3c(N)ncnc32)[C@H](O)[C@@H]1OP(=O)(O)O. The zero-order valence-corrected chi connectivity index (χ0v) is 36.5. The van der Waals surface area contributed by atoms with Crippen molar-refractivity contribution in [3.8, 4) is 0 Å². The molecule has 0 bridgehead atoms. The summed E-state index contributed by atoms with van der Waals surface area (Å²) in [6.07, 6.45) is -2.10. The molecule has 1 aliphatic rings. The van der Waals surface area contributed by atoms with E-state index >= 15 is 0 Å². The van der Waals surface area contributed by atoms with E-state index in [1.165, 1.54) is 13.8 Å². The molecular weight excluding hydrogens is 883 g/mol. The molecule has 2 aromatic rings. The number of unbranched alkanes of at least 4 members (excludes halogenated alkanes) is 3. The summed E-state index contributed by atoms with van der Waals surface area (Å²) in [5, 5.41) is 36.3. The fraction of sp³-hybridized carbons (Fsp3) is 0.742. The Morgan fingerprint density at radius 2 is 1.68 bits per heavy atom. The van der Waals surface area contributed by atoms with Gasteiger partial charge in [-0.3, -0.25) is 32.5 Å². The van der Waals surface area contributed by atoms with E-state index in [9.17, 15) is 63.0 Å². The lowest BCUT2D eigenvalue weighted by molar-refractivity contribution is -0.137. The molecule has 11 N–H and O–H groups in total. The molecule has 1 aliphatic heterocycles. The van der Waals surface area contributed by atoms with Crippen LogP contribution in [0, 0.1) is 5.41 Å². The van der Waals surface area contributed by atoms with E-state index in [2.05, 4.69) is 41.3 Å². The molecule has 0 aliphatic carbocycles. The highest BCUT2D eigenvalue weighted by Gasteiger charge is 2.50. The Kier molecular flexibility index (Phi) is 20.1. The van der Waals surface area contributed by atoms with Crippen LogP contribution < -0.4 is 16.4 Å². The zero-order valence-electron chi connectivity index (χ0n) is 33.0. The second-order valence-electron chi connectivity index (χ2n) is 14.3. The molecule has 29 heteroatoms. The van der Waals surface area contributed by atoms with Crippen LogP contribution in [0.25, 0.3) is 11.2 Å². The Morgan fingerprint density at radius 3 is 2.37 bits per heavy atom. The number of phosphoric acid groups is 3. The number of anilines is 1. The third-order valence-corrected chi connectivity index (χ3v) is 12.9. The maximum Gasteiger partial charge on any atom is 0.481 e. The molecule has 0 spiro atoms. The molecule has 3 unspecified atom stereocenters. The molecule has 1 fully saturated rings. The summed E-state index contributed by atoms with van der Waals surface area (Å²) in [7, 11) is -16.4. The number of carbonyl (C=O) groups excluding carboxylic acids is 3. The predicted molar refractivity (Wildman–Crippen MR) is 211 cm³/mol. The zero-order chi connectivity index (χ0) is 44.9. The number of nitrogens with two attached hydrogens (primary N) is 1. The number of phosphoric ester groups is 3. The fourth-order valence-corrected chi connectivity index (χ4v) is 9.13. The summed E-state index contributed by atoms with van der Waals surface area (Å²) >= 11 is 1.03. The van der Waals surface area contributed by atoms with Gasteiger partial charge < -0.3 is 56.0 Å². The molecule has 342 valence electrons. The van der Waals surface area contributed by atoms with Gasteiger partial charge in [-0.1, -0.05) is 58.2 Å². The van der Waals surface area contributed by atoms with Crippen molar-refractivity contribution in [3.05, 3.63) is 12.7 Å². The van der Waals surface area contributed by atoms with Crippen LogP contribution in [0.5, 0.6) is 0 Å². The van der Waals surface area contributed by atoms with Crippen molar-refractivity contribution >= 4 is 69.1 Å². The van der Waals surface area contributed by atoms with E-state index in [1.807, 2.05) is 0 Å². The fourth-order valence-electron chi connectivity index (χ4n) is 5.60. The number of aliphatic hydroxyl groups excluding tert-OH is 3. The summed E-state index contributed by atoms with van der Waals surface area (Å²) in [4.78, 5) is 87.9. The van der Waals surface area contributed by atoms with Gasteiger partial charge in [0.05, 0.1) is 25.6 Å².